The summed E-state index contributed by atoms with van der Waals surface area (Å²) in [5.41, 5.74) is 2.16. The van der Waals surface area contributed by atoms with Crippen LogP contribution in [-0.2, 0) is 47.4 Å². The Bertz CT molecular complexity index is 1280. The van der Waals surface area contributed by atoms with E-state index in [2.05, 4.69) is 20.1 Å². The fourth-order valence-electron chi connectivity index (χ4n) is 10.4. The molecule has 0 amide bonds. The Balaban J connectivity index is 1.04. The lowest BCUT2D eigenvalue weighted by Crippen LogP contribution is -2.62. The van der Waals surface area contributed by atoms with Crippen LogP contribution in [0.2, 0.25) is 0 Å². The number of Topliss-reactive ketones (excluding diaryl/α,β-unsaturated/α-hetero) is 1. The van der Waals surface area contributed by atoms with E-state index in [9.17, 15) is 15.0 Å². The second kappa shape index (κ2) is 15.5. The standard InChI is InChI=1S/C39H58O12/c1-19-11-24-5-7-28-20(2)12-26(46-28)9-10-44-35-33-18-45-37-36-29(50-38(35)39(37)51-33)8-6-25(48-36)13-22(41)14-27-31(16-30(47-24)21(19)3)49-32(34(27)43-4)15-23(42)17-40/h19,23-40,42H,2-3,5-18H2,1,4H3/t19-,23+,24+,25-,26+,27+,28+,29+,30-,31+,32-,33+,34-,35-,36+,37+,38+,39+/m1/s1. The summed E-state index contributed by atoms with van der Waals surface area (Å²) in [6.45, 7) is 11.6. The second-order valence-electron chi connectivity index (χ2n) is 16.5. The van der Waals surface area contributed by atoms with Gasteiger partial charge >= 0.3 is 0 Å². The van der Waals surface area contributed by atoms with Gasteiger partial charge in [0.15, 0.2) is 0 Å². The van der Waals surface area contributed by atoms with Crippen molar-refractivity contribution in [1.29, 1.82) is 0 Å². The van der Waals surface area contributed by atoms with Gasteiger partial charge in [-0.25, -0.2) is 0 Å². The summed E-state index contributed by atoms with van der Waals surface area (Å²) < 4.78 is 58.5. The Labute approximate surface area is 301 Å². The van der Waals surface area contributed by atoms with Gasteiger partial charge in [0, 0.05) is 45.3 Å². The van der Waals surface area contributed by atoms with Gasteiger partial charge < -0.3 is 52.8 Å². The zero-order chi connectivity index (χ0) is 35.4. The lowest BCUT2D eigenvalue weighted by molar-refractivity contribution is -0.283. The topological polar surface area (TPSA) is 141 Å². The molecule has 18 atom stereocenters. The lowest BCUT2D eigenvalue weighted by Gasteiger charge is -2.48. The maximum absolute atomic E-state index is 13.9. The molecular formula is C39H58O12. The fraction of sp³-hybridized carbons (Fsp3) is 0.872. The van der Waals surface area contributed by atoms with E-state index in [4.69, 9.17) is 42.6 Å². The van der Waals surface area contributed by atoms with Gasteiger partial charge in [-0.2, -0.15) is 0 Å². The molecule has 10 heterocycles. The number of hydrogen-bond acceptors (Lipinski definition) is 12. The molecule has 12 nitrogen and oxygen atoms in total. The summed E-state index contributed by atoms with van der Waals surface area (Å²) in [6, 6.07) is 0. The van der Waals surface area contributed by atoms with E-state index in [-0.39, 0.29) is 123 Å². The van der Waals surface area contributed by atoms with E-state index in [1.807, 2.05) is 0 Å². The monoisotopic (exact) mass is 718 g/mol. The lowest BCUT2D eigenvalue weighted by atomic mass is 9.81. The van der Waals surface area contributed by atoms with Gasteiger partial charge in [-0.15, -0.1) is 0 Å². The first-order valence-electron chi connectivity index (χ1n) is 19.5. The molecule has 11 bridgehead atoms. The molecule has 10 rings (SSSR count). The molecule has 2 N–H and O–H groups in total. The summed E-state index contributed by atoms with van der Waals surface area (Å²) in [4.78, 5) is 13.9. The van der Waals surface area contributed by atoms with E-state index in [0.29, 0.717) is 26.1 Å². The van der Waals surface area contributed by atoms with Crippen molar-refractivity contribution in [2.24, 2.45) is 11.8 Å². The predicted octanol–water partition coefficient (Wildman–Crippen LogP) is 2.98. The highest BCUT2D eigenvalue weighted by molar-refractivity contribution is 5.79. The number of ketones is 1. The minimum absolute atomic E-state index is 0.0188. The molecule has 12 heteroatoms. The number of carbonyl (C=O) groups is 1. The predicted molar refractivity (Wildman–Crippen MR) is 182 cm³/mol. The molecular weight excluding hydrogens is 660 g/mol. The third-order valence-electron chi connectivity index (χ3n) is 13.1. The van der Waals surface area contributed by atoms with E-state index in [0.717, 1.165) is 49.7 Å². The summed E-state index contributed by atoms with van der Waals surface area (Å²) in [5, 5.41) is 20.0. The van der Waals surface area contributed by atoms with Crippen LogP contribution in [0.3, 0.4) is 0 Å². The maximum atomic E-state index is 13.9. The Morgan fingerprint density at radius 3 is 2.35 bits per heavy atom. The van der Waals surface area contributed by atoms with Crippen molar-refractivity contribution in [3.63, 3.8) is 0 Å². The normalized spacial score (nSPS) is 49.6. The first-order valence-corrected chi connectivity index (χ1v) is 19.5. The SMILES string of the molecule is C=C1C[C@@H]2CCO[C@H]3[C@@H]4O[C@H]5CC[C@H](CC(=O)C[C@@H]6[C@@H](OC)[C@@H](C[C@H](O)CO)O[C@H]6C[C@H]6O[C@@H](CC[C@@H]1O2)C[C@@H](C)C6=C)O[C@@H]5[C@@H]1OC[C@@H]3O[C@@H]14. The minimum atomic E-state index is -0.950. The van der Waals surface area contributed by atoms with Crippen molar-refractivity contribution in [3.05, 3.63) is 24.3 Å². The van der Waals surface area contributed by atoms with Crippen LogP contribution in [-0.4, -0.2) is 141 Å². The van der Waals surface area contributed by atoms with Crippen molar-refractivity contribution in [2.45, 2.75) is 175 Å². The summed E-state index contributed by atoms with van der Waals surface area (Å²) in [7, 11) is 1.62. The molecule has 0 aromatic carbocycles. The molecule has 10 saturated heterocycles. The highest BCUT2D eigenvalue weighted by Gasteiger charge is 2.61. The first-order chi connectivity index (χ1) is 24.7. The second-order valence-corrected chi connectivity index (χ2v) is 16.5. The molecule has 0 radical (unpaired) electrons. The molecule has 0 saturated carbocycles. The van der Waals surface area contributed by atoms with Crippen LogP contribution in [0.1, 0.15) is 77.6 Å². The van der Waals surface area contributed by atoms with E-state index >= 15 is 0 Å². The average Bonchev–Trinajstić information content (AvgIpc) is 3.74. The number of carbonyl (C=O) groups excluding carboxylic acids is 1. The van der Waals surface area contributed by atoms with Crippen LogP contribution < -0.4 is 0 Å². The van der Waals surface area contributed by atoms with E-state index in [1.54, 1.807) is 7.11 Å². The molecule has 51 heavy (non-hydrogen) atoms. The zero-order valence-corrected chi connectivity index (χ0v) is 30.2. The van der Waals surface area contributed by atoms with Gasteiger partial charge in [-0.1, -0.05) is 20.1 Å². The Kier molecular flexibility index (Phi) is 11.1. The molecule has 0 aromatic rings. The maximum Gasteiger partial charge on any atom is 0.135 e. The van der Waals surface area contributed by atoms with Crippen LogP contribution in [0, 0.1) is 11.8 Å². The molecule has 10 aliphatic rings. The van der Waals surface area contributed by atoms with Crippen LogP contribution in [0.4, 0.5) is 0 Å². The molecule has 0 unspecified atom stereocenters. The Morgan fingerprint density at radius 1 is 0.765 bits per heavy atom. The molecule has 286 valence electrons. The van der Waals surface area contributed by atoms with Gasteiger partial charge in [0.25, 0.3) is 0 Å². The third kappa shape index (κ3) is 7.42. The molecule has 0 aromatic heterocycles. The summed E-state index contributed by atoms with van der Waals surface area (Å²) in [5.74, 6) is 0.0776. The van der Waals surface area contributed by atoms with Gasteiger partial charge in [0.05, 0.1) is 74.3 Å². The molecule has 0 aliphatic carbocycles. The van der Waals surface area contributed by atoms with Crippen LogP contribution in [0.15, 0.2) is 24.3 Å². The number of rotatable bonds is 4. The largest absolute Gasteiger partial charge is 0.394 e. The average molecular weight is 719 g/mol. The van der Waals surface area contributed by atoms with E-state index < -0.39 is 18.3 Å². The number of ether oxygens (including phenoxy) is 9. The van der Waals surface area contributed by atoms with Crippen LogP contribution >= 0.6 is 0 Å². The number of hydrogen-bond donors (Lipinski definition) is 2. The highest BCUT2D eigenvalue weighted by atomic mass is 16.7. The number of aliphatic hydroxyl groups excluding tert-OH is 2. The van der Waals surface area contributed by atoms with Gasteiger partial charge in [-0.3, -0.25) is 4.79 Å². The minimum Gasteiger partial charge on any atom is -0.394 e. The Morgan fingerprint density at radius 2 is 1.53 bits per heavy atom. The highest BCUT2D eigenvalue weighted by Crippen LogP contribution is 2.45. The van der Waals surface area contributed by atoms with E-state index in [1.165, 1.54) is 0 Å². The summed E-state index contributed by atoms with van der Waals surface area (Å²) >= 11 is 0. The van der Waals surface area contributed by atoms with Crippen molar-refractivity contribution in [2.75, 3.05) is 26.9 Å². The number of aliphatic hydroxyl groups is 2. The summed E-state index contributed by atoms with van der Waals surface area (Å²) in [6.07, 6.45) is 2.58. The van der Waals surface area contributed by atoms with Crippen LogP contribution in [0.25, 0.3) is 0 Å². The van der Waals surface area contributed by atoms with Crippen molar-refractivity contribution < 1.29 is 57.6 Å². The van der Waals surface area contributed by atoms with Crippen molar-refractivity contribution in [3.8, 4) is 0 Å². The molecule has 0 spiro atoms. The Hall–Kier alpha value is -1.29. The molecule has 10 fully saturated rings. The quantitative estimate of drug-likeness (QED) is 0.413. The zero-order valence-electron chi connectivity index (χ0n) is 30.2. The third-order valence-corrected chi connectivity index (χ3v) is 13.1. The first kappa shape index (κ1) is 36.7. The number of fused-ring (bicyclic) bond motifs is 2. The van der Waals surface area contributed by atoms with Crippen molar-refractivity contribution >= 4 is 5.78 Å². The smallest absolute Gasteiger partial charge is 0.135 e. The van der Waals surface area contributed by atoms with Crippen molar-refractivity contribution in [1.82, 2.24) is 0 Å². The molecule has 10 aliphatic heterocycles. The fourth-order valence-corrected chi connectivity index (χ4v) is 10.4. The van der Waals surface area contributed by atoms with Gasteiger partial charge in [0.1, 0.15) is 42.4 Å². The van der Waals surface area contributed by atoms with Gasteiger partial charge in [0.2, 0.25) is 0 Å². The van der Waals surface area contributed by atoms with Crippen LogP contribution in [0.5, 0.6) is 0 Å². The number of methoxy groups -OCH3 is 1. The van der Waals surface area contributed by atoms with Gasteiger partial charge in [-0.05, 0) is 62.0 Å².